The predicted octanol–water partition coefficient (Wildman–Crippen LogP) is 7.36. The lowest BCUT2D eigenvalue weighted by Gasteiger charge is -2.15. The zero-order valence-electron chi connectivity index (χ0n) is 18.9. The Balaban J connectivity index is 1.47. The zero-order valence-corrected chi connectivity index (χ0v) is 19.7. The minimum Gasteiger partial charge on any atom is -0.378 e. The van der Waals surface area contributed by atoms with Gasteiger partial charge in [-0.25, -0.2) is 0 Å². The first kappa shape index (κ1) is 21.4. The fraction of sp³-hybridized carbons (Fsp3) is 0.0323. The molecule has 0 saturated heterocycles. The summed E-state index contributed by atoms with van der Waals surface area (Å²) >= 11 is 0. The van der Waals surface area contributed by atoms with Crippen molar-refractivity contribution in [2.45, 2.75) is 11.3 Å². The van der Waals surface area contributed by atoms with E-state index in [1.54, 1.807) is 24.3 Å². The quantitative estimate of drug-likeness (QED) is 0.245. The largest absolute Gasteiger partial charge is 0.378 e. The second-order valence-electron chi connectivity index (χ2n) is 8.59. The van der Waals surface area contributed by atoms with Crippen LogP contribution in [-0.2, 0) is 16.5 Å². The van der Waals surface area contributed by atoms with Crippen LogP contribution in [-0.4, -0.2) is 8.42 Å². The normalized spacial score (nSPS) is 12.1. The summed E-state index contributed by atoms with van der Waals surface area (Å²) in [6.45, 7) is 0. The van der Waals surface area contributed by atoms with Gasteiger partial charge in [0.1, 0.15) is 4.90 Å². The highest BCUT2D eigenvalue weighted by atomic mass is 32.2. The predicted molar refractivity (Wildman–Crippen MR) is 140 cm³/mol. The van der Waals surface area contributed by atoms with Crippen molar-refractivity contribution in [3.8, 4) is 39.1 Å². The first-order valence-corrected chi connectivity index (χ1v) is 12.9. The van der Waals surface area contributed by atoms with Crippen LogP contribution in [0.15, 0.2) is 126 Å². The molecule has 0 N–H and O–H groups in total. The smallest absolute Gasteiger partial charge is 0.339 e. The van der Waals surface area contributed by atoms with Crippen molar-refractivity contribution < 1.29 is 12.6 Å². The average Bonchev–Trinajstić information content (AvgIpc) is 3.29. The fourth-order valence-electron chi connectivity index (χ4n) is 4.79. The van der Waals surface area contributed by atoms with Crippen molar-refractivity contribution in [1.29, 1.82) is 0 Å². The molecule has 0 bridgehead atoms. The van der Waals surface area contributed by atoms with Gasteiger partial charge in [0.2, 0.25) is 0 Å². The summed E-state index contributed by atoms with van der Waals surface area (Å²) in [5, 5.41) is 0. The summed E-state index contributed by atoms with van der Waals surface area (Å²) in [6, 6.07) is 38.6. The molecule has 5 aromatic carbocycles. The Morgan fingerprint density at radius 1 is 0.543 bits per heavy atom. The van der Waals surface area contributed by atoms with Crippen LogP contribution in [0.3, 0.4) is 0 Å². The molecule has 0 aliphatic heterocycles. The molecule has 4 heteroatoms. The summed E-state index contributed by atoms with van der Waals surface area (Å²) in [5.41, 5.74) is 8.95. The molecule has 0 saturated carbocycles. The van der Waals surface area contributed by atoms with Gasteiger partial charge >= 0.3 is 10.1 Å². The maximum atomic E-state index is 13.0. The molecule has 3 nitrogen and oxygen atoms in total. The summed E-state index contributed by atoms with van der Waals surface area (Å²) in [4.78, 5) is 0.127. The van der Waals surface area contributed by atoms with Gasteiger partial charge < -0.3 is 4.18 Å². The van der Waals surface area contributed by atoms with Gasteiger partial charge in [-0.05, 0) is 69.6 Å². The van der Waals surface area contributed by atoms with Gasteiger partial charge in [0.25, 0.3) is 0 Å². The molecule has 0 heterocycles. The molecule has 170 valence electrons. The SMILES string of the molecule is O=S(=O)(Oc1ccc(-c2cccc3c2Cc2ccccc2-3)cc1-c1ccccc1)c1ccccc1. The minimum atomic E-state index is -3.97. The summed E-state index contributed by atoms with van der Waals surface area (Å²) in [6.07, 6.45) is 0.878. The Bertz CT molecular complexity index is 1640. The Labute approximate surface area is 205 Å². The van der Waals surface area contributed by atoms with Crippen LogP contribution in [0.25, 0.3) is 33.4 Å². The molecule has 0 aromatic heterocycles. The molecular formula is C31H22O3S. The molecule has 0 fully saturated rings. The van der Waals surface area contributed by atoms with E-state index in [0.29, 0.717) is 5.75 Å². The molecule has 0 spiro atoms. The number of fused-ring (bicyclic) bond motifs is 3. The Morgan fingerprint density at radius 2 is 1.20 bits per heavy atom. The molecule has 0 amide bonds. The second kappa shape index (κ2) is 8.57. The maximum Gasteiger partial charge on any atom is 0.339 e. The van der Waals surface area contributed by atoms with E-state index < -0.39 is 10.1 Å². The van der Waals surface area contributed by atoms with E-state index >= 15 is 0 Å². The van der Waals surface area contributed by atoms with Crippen LogP contribution in [0.2, 0.25) is 0 Å². The number of benzene rings is 5. The van der Waals surface area contributed by atoms with Crippen LogP contribution >= 0.6 is 0 Å². The number of hydrogen-bond acceptors (Lipinski definition) is 3. The Kier molecular flexibility index (Phi) is 5.24. The third-order valence-electron chi connectivity index (χ3n) is 6.46. The summed E-state index contributed by atoms with van der Waals surface area (Å²) in [5.74, 6) is 0.305. The van der Waals surface area contributed by atoms with Crippen LogP contribution in [0, 0.1) is 0 Å². The third-order valence-corrected chi connectivity index (χ3v) is 7.71. The van der Waals surface area contributed by atoms with Crippen molar-refractivity contribution in [3.05, 3.63) is 132 Å². The van der Waals surface area contributed by atoms with E-state index in [4.69, 9.17) is 4.18 Å². The first-order valence-electron chi connectivity index (χ1n) is 11.5. The van der Waals surface area contributed by atoms with Gasteiger partial charge in [-0.2, -0.15) is 8.42 Å². The van der Waals surface area contributed by atoms with Crippen molar-refractivity contribution in [2.75, 3.05) is 0 Å². The van der Waals surface area contributed by atoms with Gasteiger partial charge in [0.15, 0.2) is 5.75 Å². The molecule has 0 unspecified atom stereocenters. The summed E-state index contributed by atoms with van der Waals surface area (Å²) < 4.78 is 31.7. The number of rotatable bonds is 5. The van der Waals surface area contributed by atoms with Crippen LogP contribution in [0.4, 0.5) is 0 Å². The molecular weight excluding hydrogens is 452 g/mol. The van der Waals surface area contributed by atoms with Crippen LogP contribution in [0.5, 0.6) is 5.75 Å². The highest BCUT2D eigenvalue weighted by molar-refractivity contribution is 7.87. The van der Waals surface area contributed by atoms with Gasteiger partial charge in [-0.15, -0.1) is 0 Å². The van der Waals surface area contributed by atoms with Crippen molar-refractivity contribution >= 4 is 10.1 Å². The van der Waals surface area contributed by atoms with E-state index in [1.807, 2.05) is 42.5 Å². The third kappa shape index (κ3) is 3.92. The van der Waals surface area contributed by atoms with E-state index in [0.717, 1.165) is 28.7 Å². The van der Waals surface area contributed by atoms with Gasteiger partial charge in [0, 0.05) is 5.56 Å². The van der Waals surface area contributed by atoms with Crippen molar-refractivity contribution in [2.24, 2.45) is 0 Å². The lowest BCUT2D eigenvalue weighted by molar-refractivity contribution is 0.487. The van der Waals surface area contributed by atoms with Crippen molar-refractivity contribution in [1.82, 2.24) is 0 Å². The molecule has 0 atom stereocenters. The highest BCUT2D eigenvalue weighted by Gasteiger charge is 2.23. The molecule has 0 radical (unpaired) electrons. The standard InChI is InChI=1S/C31H22O3S/c32-35(33,25-13-5-2-6-14-25)34-31-19-18-24(20-29(31)22-10-3-1-4-11-22)27-16-9-17-28-26-15-8-7-12-23(26)21-30(27)28/h1-20H,21H2. The van der Waals surface area contributed by atoms with E-state index in [2.05, 4.69) is 42.5 Å². The van der Waals surface area contributed by atoms with E-state index in [9.17, 15) is 8.42 Å². The topological polar surface area (TPSA) is 43.4 Å². The van der Waals surface area contributed by atoms with Gasteiger partial charge in [-0.1, -0.05) is 97.1 Å². The minimum absolute atomic E-state index is 0.127. The molecule has 1 aliphatic carbocycles. The monoisotopic (exact) mass is 474 g/mol. The average molecular weight is 475 g/mol. The highest BCUT2D eigenvalue weighted by Crippen LogP contribution is 2.43. The van der Waals surface area contributed by atoms with E-state index in [1.165, 1.54) is 34.4 Å². The molecule has 35 heavy (non-hydrogen) atoms. The first-order chi connectivity index (χ1) is 17.1. The molecule has 6 rings (SSSR count). The number of hydrogen-bond donors (Lipinski definition) is 0. The van der Waals surface area contributed by atoms with Gasteiger partial charge in [-0.3, -0.25) is 0 Å². The zero-order chi connectivity index (χ0) is 23.8. The van der Waals surface area contributed by atoms with Crippen LogP contribution < -0.4 is 4.18 Å². The lowest BCUT2D eigenvalue weighted by Crippen LogP contribution is -2.10. The molecule has 5 aromatic rings. The Hall–Kier alpha value is -4.15. The lowest BCUT2D eigenvalue weighted by atomic mass is 9.93. The Morgan fingerprint density at radius 3 is 2.00 bits per heavy atom. The molecule has 1 aliphatic rings. The van der Waals surface area contributed by atoms with Crippen LogP contribution in [0.1, 0.15) is 11.1 Å². The van der Waals surface area contributed by atoms with E-state index in [-0.39, 0.29) is 4.90 Å². The van der Waals surface area contributed by atoms with Crippen molar-refractivity contribution in [3.63, 3.8) is 0 Å². The summed E-state index contributed by atoms with van der Waals surface area (Å²) in [7, 11) is -3.97. The maximum absolute atomic E-state index is 13.0. The fourth-order valence-corrected chi connectivity index (χ4v) is 5.76. The van der Waals surface area contributed by atoms with Gasteiger partial charge in [0.05, 0.1) is 0 Å². The second-order valence-corrected chi connectivity index (χ2v) is 10.1.